The first kappa shape index (κ1) is 15.5. The first-order chi connectivity index (χ1) is 8.85. The Hall–Kier alpha value is -1.51. The average molecular weight is 263 g/mol. The van der Waals surface area contributed by atoms with E-state index in [2.05, 4.69) is 33.0 Å². The van der Waals surface area contributed by atoms with Crippen LogP contribution in [0.3, 0.4) is 0 Å². The minimum absolute atomic E-state index is 0.0728. The topological polar surface area (TPSA) is 49.3 Å². The lowest BCUT2D eigenvalue weighted by molar-refractivity contribution is 0.0695. The summed E-state index contributed by atoms with van der Waals surface area (Å²) in [5.74, 6) is -0.843. The fourth-order valence-electron chi connectivity index (χ4n) is 2.13. The number of hydrogen-bond acceptors (Lipinski definition) is 2. The van der Waals surface area contributed by atoms with Crippen LogP contribution in [-0.4, -0.2) is 16.6 Å². The number of rotatable bonds is 6. The summed E-state index contributed by atoms with van der Waals surface area (Å²) in [6.45, 7) is 8.39. The molecule has 3 nitrogen and oxygen atoms in total. The van der Waals surface area contributed by atoms with Gasteiger partial charge in [-0.1, -0.05) is 25.8 Å². The van der Waals surface area contributed by atoms with Gasteiger partial charge >= 0.3 is 5.97 Å². The smallest absolute Gasteiger partial charge is 0.336 e. The van der Waals surface area contributed by atoms with Crippen LogP contribution < -0.4 is 5.32 Å². The van der Waals surface area contributed by atoms with Gasteiger partial charge in [-0.05, 0) is 51.3 Å². The zero-order valence-electron chi connectivity index (χ0n) is 12.4. The maximum Gasteiger partial charge on any atom is 0.336 e. The predicted molar refractivity (Wildman–Crippen MR) is 80.0 cm³/mol. The third kappa shape index (κ3) is 4.93. The molecular formula is C16H25NO2. The van der Waals surface area contributed by atoms with Crippen LogP contribution in [0.25, 0.3) is 0 Å². The number of anilines is 1. The van der Waals surface area contributed by atoms with E-state index in [9.17, 15) is 9.90 Å². The second-order valence-electron chi connectivity index (χ2n) is 5.97. The summed E-state index contributed by atoms with van der Waals surface area (Å²) in [5.41, 5.74) is 2.23. The van der Waals surface area contributed by atoms with Crippen molar-refractivity contribution in [2.24, 2.45) is 0 Å². The molecule has 0 aliphatic carbocycles. The van der Waals surface area contributed by atoms with Crippen molar-refractivity contribution in [1.29, 1.82) is 0 Å². The predicted octanol–water partition coefficient (Wildman–Crippen LogP) is 4.33. The lowest BCUT2D eigenvalue weighted by Gasteiger charge is -2.25. The Balaban J connectivity index is 3.07. The van der Waals surface area contributed by atoms with Gasteiger partial charge in [0.25, 0.3) is 0 Å². The van der Waals surface area contributed by atoms with E-state index in [4.69, 9.17) is 0 Å². The molecule has 0 heterocycles. The SMILES string of the molecule is CCCCCc1c(NC(C)(C)C)cccc1C(=O)O. The van der Waals surface area contributed by atoms with Gasteiger partial charge < -0.3 is 10.4 Å². The first-order valence-electron chi connectivity index (χ1n) is 6.98. The molecule has 0 bridgehead atoms. The van der Waals surface area contributed by atoms with Crippen LogP contribution in [0.5, 0.6) is 0 Å². The maximum absolute atomic E-state index is 11.3. The molecule has 3 heteroatoms. The molecule has 1 rings (SSSR count). The van der Waals surface area contributed by atoms with Gasteiger partial charge in [0.05, 0.1) is 5.56 Å². The van der Waals surface area contributed by atoms with Crippen molar-refractivity contribution >= 4 is 11.7 Å². The van der Waals surface area contributed by atoms with E-state index in [1.165, 1.54) is 0 Å². The Morgan fingerprint density at radius 3 is 2.47 bits per heavy atom. The molecule has 1 aromatic carbocycles. The molecule has 19 heavy (non-hydrogen) atoms. The van der Waals surface area contributed by atoms with Crippen LogP contribution in [0.2, 0.25) is 0 Å². The van der Waals surface area contributed by atoms with E-state index in [0.717, 1.165) is 36.9 Å². The molecule has 0 aliphatic heterocycles. The molecule has 106 valence electrons. The summed E-state index contributed by atoms with van der Waals surface area (Å²) in [4.78, 5) is 11.3. The zero-order chi connectivity index (χ0) is 14.5. The number of carbonyl (C=O) groups is 1. The van der Waals surface area contributed by atoms with Crippen molar-refractivity contribution in [3.63, 3.8) is 0 Å². The zero-order valence-corrected chi connectivity index (χ0v) is 12.4. The van der Waals surface area contributed by atoms with Crippen LogP contribution in [0.15, 0.2) is 18.2 Å². The van der Waals surface area contributed by atoms with Crippen molar-refractivity contribution in [3.05, 3.63) is 29.3 Å². The van der Waals surface area contributed by atoms with Crippen LogP contribution >= 0.6 is 0 Å². The van der Waals surface area contributed by atoms with Gasteiger partial charge in [-0.25, -0.2) is 4.79 Å². The highest BCUT2D eigenvalue weighted by atomic mass is 16.4. The molecule has 2 N–H and O–H groups in total. The molecule has 0 radical (unpaired) electrons. The molecule has 0 saturated carbocycles. The van der Waals surface area contributed by atoms with E-state index in [1.807, 2.05) is 6.07 Å². The fourth-order valence-corrected chi connectivity index (χ4v) is 2.13. The Bertz CT molecular complexity index is 433. The van der Waals surface area contributed by atoms with Gasteiger partial charge in [0.2, 0.25) is 0 Å². The first-order valence-corrected chi connectivity index (χ1v) is 6.98. The molecule has 0 aliphatic rings. The lowest BCUT2D eigenvalue weighted by atomic mass is 9.97. The number of nitrogens with one attached hydrogen (secondary N) is 1. The second kappa shape index (κ2) is 6.60. The number of hydrogen-bond donors (Lipinski definition) is 2. The van der Waals surface area contributed by atoms with Crippen molar-refractivity contribution in [2.45, 2.75) is 58.9 Å². The van der Waals surface area contributed by atoms with Gasteiger partial charge in [-0.2, -0.15) is 0 Å². The van der Waals surface area contributed by atoms with Gasteiger partial charge in [0, 0.05) is 11.2 Å². The summed E-state index contributed by atoms with van der Waals surface area (Å²) < 4.78 is 0. The third-order valence-electron chi connectivity index (χ3n) is 2.95. The number of carboxylic acid groups (broad SMARTS) is 1. The van der Waals surface area contributed by atoms with Crippen LogP contribution in [0.1, 0.15) is 62.9 Å². The number of unbranched alkanes of at least 4 members (excludes halogenated alkanes) is 2. The van der Waals surface area contributed by atoms with E-state index < -0.39 is 5.97 Å². The minimum Gasteiger partial charge on any atom is -0.478 e. The molecule has 0 aromatic heterocycles. The van der Waals surface area contributed by atoms with E-state index >= 15 is 0 Å². The summed E-state index contributed by atoms with van der Waals surface area (Å²) in [6.07, 6.45) is 4.11. The van der Waals surface area contributed by atoms with E-state index in [1.54, 1.807) is 12.1 Å². The molecule has 1 aromatic rings. The minimum atomic E-state index is -0.843. The largest absolute Gasteiger partial charge is 0.478 e. The number of aromatic carboxylic acids is 1. The molecule has 0 unspecified atom stereocenters. The lowest BCUT2D eigenvalue weighted by Crippen LogP contribution is -2.27. The Morgan fingerprint density at radius 2 is 1.95 bits per heavy atom. The number of carboxylic acids is 1. The van der Waals surface area contributed by atoms with Gasteiger partial charge in [-0.15, -0.1) is 0 Å². The van der Waals surface area contributed by atoms with Crippen LogP contribution in [0, 0.1) is 0 Å². The maximum atomic E-state index is 11.3. The van der Waals surface area contributed by atoms with Crippen LogP contribution in [-0.2, 0) is 6.42 Å². The quantitative estimate of drug-likeness (QED) is 0.751. The number of benzene rings is 1. The molecule has 0 fully saturated rings. The summed E-state index contributed by atoms with van der Waals surface area (Å²) in [7, 11) is 0. The Kier molecular flexibility index (Phi) is 5.40. The van der Waals surface area contributed by atoms with E-state index in [-0.39, 0.29) is 5.54 Å². The Morgan fingerprint density at radius 1 is 1.26 bits per heavy atom. The van der Waals surface area contributed by atoms with Gasteiger partial charge in [0.15, 0.2) is 0 Å². The van der Waals surface area contributed by atoms with Crippen molar-refractivity contribution < 1.29 is 9.90 Å². The van der Waals surface area contributed by atoms with Crippen molar-refractivity contribution in [2.75, 3.05) is 5.32 Å². The standard InChI is InChI=1S/C16H25NO2/c1-5-6-7-9-12-13(15(18)19)10-8-11-14(12)17-16(2,3)4/h8,10-11,17H,5-7,9H2,1-4H3,(H,18,19). The summed E-state index contributed by atoms with van der Waals surface area (Å²) in [6, 6.07) is 5.47. The highest BCUT2D eigenvalue weighted by Crippen LogP contribution is 2.25. The Labute approximate surface area is 116 Å². The second-order valence-corrected chi connectivity index (χ2v) is 5.97. The highest BCUT2D eigenvalue weighted by molar-refractivity contribution is 5.91. The van der Waals surface area contributed by atoms with Crippen LogP contribution in [0.4, 0.5) is 5.69 Å². The molecule has 0 amide bonds. The van der Waals surface area contributed by atoms with Crippen molar-refractivity contribution in [3.8, 4) is 0 Å². The summed E-state index contributed by atoms with van der Waals surface area (Å²) in [5, 5.41) is 12.7. The van der Waals surface area contributed by atoms with Gasteiger partial charge in [0.1, 0.15) is 0 Å². The summed E-state index contributed by atoms with van der Waals surface area (Å²) >= 11 is 0. The normalized spacial score (nSPS) is 11.4. The fraction of sp³-hybridized carbons (Fsp3) is 0.562. The molecule has 0 saturated heterocycles. The van der Waals surface area contributed by atoms with Crippen molar-refractivity contribution in [1.82, 2.24) is 0 Å². The molecular weight excluding hydrogens is 238 g/mol. The third-order valence-corrected chi connectivity index (χ3v) is 2.95. The van der Waals surface area contributed by atoms with Gasteiger partial charge in [-0.3, -0.25) is 0 Å². The highest BCUT2D eigenvalue weighted by Gasteiger charge is 2.17. The molecule has 0 atom stereocenters. The monoisotopic (exact) mass is 263 g/mol. The van der Waals surface area contributed by atoms with E-state index in [0.29, 0.717) is 5.56 Å². The molecule has 0 spiro atoms. The average Bonchev–Trinajstić information content (AvgIpc) is 2.28.